The molecular formula is C43H56N2O9. The van der Waals surface area contributed by atoms with Gasteiger partial charge in [-0.25, -0.2) is 0 Å². The van der Waals surface area contributed by atoms with E-state index in [1.165, 1.54) is 5.56 Å². The summed E-state index contributed by atoms with van der Waals surface area (Å²) in [6.45, 7) is 16.5. The van der Waals surface area contributed by atoms with E-state index < -0.39 is 28.6 Å². The zero-order valence-electron chi connectivity index (χ0n) is 33.3. The molecule has 2 atom stereocenters. The van der Waals surface area contributed by atoms with Crippen molar-refractivity contribution in [3.8, 4) is 17.2 Å². The maximum absolute atomic E-state index is 13.2. The highest BCUT2D eigenvalue weighted by Gasteiger charge is 2.27. The summed E-state index contributed by atoms with van der Waals surface area (Å²) in [5.74, 6) is 0.396. The van der Waals surface area contributed by atoms with Gasteiger partial charge in [0, 0.05) is 22.9 Å². The number of fused-ring (bicyclic) bond motifs is 1. The lowest BCUT2D eigenvalue weighted by atomic mass is 9.79. The number of esters is 3. The third kappa shape index (κ3) is 12.3. The molecule has 0 saturated carbocycles. The molecule has 0 spiro atoms. The van der Waals surface area contributed by atoms with Crippen molar-refractivity contribution in [2.45, 2.75) is 105 Å². The summed E-state index contributed by atoms with van der Waals surface area (Å²) in [4.78, 5) is 50.6. The number of methoxy groups -OCH3 is 1. The number of rotatable bonds is 15. The van der Waals surface area contributed by atoms with E-state index in [0.717, 1.165) is 36.1 Å². The van der Waals surface area contributed by atoms with Crippen molar-refractivity contribution < 1.29 is 42.9 Å². The smallest absolute Gasteiger partial charge is 0.326 e. The average molecular weight is 745 g/mol. The van der Waals surface area contributed by atoms with Gasteiger partial charge in [0.1, 0.15) is 36.0 Å². The molecule has 2 N–H and O–H groups in total. The van der Waals surface area contributed by atoms with Gasteiger partial charge in [0.2, 0.25) is 5.78 Å². The Kier molecular flexibility index (Phi) is 13.6. The number of carbonyl (C=O) groups is 4. The van der Waals surface area contributed by atoms with Crippen LogP contribution in [-0.2, 0) is 36.7 Å². The zero-order valence-corrected chi connectivity index (χ0v) is 33.3. The molecule has 0 fully saturated rings. The Morgan fingerprint density at radius 2 is 1.46 bits per heavy atom. The number of carbonyl (C=O) groups excluding carboxylic acids is 4. The Balaban J connectivity index is 1.30. The van der Waals surface area contributed by atoms with E-state index in [1.807, 2.05) is 91.8 Å². The van der Waals surface area contributed by atoms with E-state index in [1.54, 1.807) is 38.3 Å². The van der Waals surface area contributed by atoms with Crippen LogP contribution in [0.25, 0.3) is 0 Å². The highest BCUT2D eigenvalue weighted by Crippen LogP contribution is 2.39. The van der Waals surface area contributed by atoms with Crippen LogP contribution in [0.4, 0.5) is 5.69 Å². The quantitative estimate of drug-likeness (QED) is 0.0926. The Bertz CT molecular complexity index is 1800. The lowest BCUT2D eigenvalue weighted by molar-refractivity contribution is -0.154. The molecule has 0 aliphatic heterocycles. The standard InChI is InChI=1S/C43H56N2O9/c1-27(39(48)28-13-16-32(17-14-28)51-26-43(8,9)45-25-38(47)54-42(5,6)7)52-37(46)24-44-36-23-33(50-10)19-20-35(36)31-12-11-30-22-34(18-15-29(30)21-31)53-40(49)41(2,3)4/h13-20,22-23,27,31,44-45H,11-12,21,24-26H2,1-10H3. The first-order valence-electron chi connectivity index (χ1n) is 18.4. The van der Waals surface area contributed by atoms with Crippen molar-refractivity contribution in [3.05, 3.63) is 82.9 Å². The Morgan fingerprint density at radius 1 is 0.796 bits per heavy atom. The molecule has 0 aromatic heterocycles. The number of Topliss-reactive ketones (excluding diaryl/α,β-unsaturated/α-hetero) is 1. The van der Waals surface area contributed by atoms with Gasteiger partial charge in [0.05, 0.1) is 19.1 Å². The monoisotopic (exact) mass is 744 g/mol. The molecule has 0 amide bonds. The topological polar surface area (TPSA) is 138 Å². The molecule has 1 aliphatic carbocycles. The summed E-state index contributed by atoms with van der Waals surface area (Å²) in [5, 5.41) is 6.37. The molecule has 11 heteroatoms. The molecule has 0 heterocycles. The highest BCUT2D eigenvalue weighted by atomic mass is 16.6. The van der Waals surface area contributed by atoms with Crippen molar-refractivity contribution in [1.82, 2.24) is 5.32 Å². The zero-order chi connectivity index (χ0) is 39.8. The lowest BCUT2D eigenvalue weighted by Crippen LogP contribution is -2.47. The second kappa shape index (κ2) is 17.5. The number of benzene rings is 3. The molecule has 0 saturated heterocycles. The number of hydrogen-bond acceptors (Lipinski definition) is 11. The van der Waals surface area contributed by atoms with Crippen molar-refractivity contribution in [3.63, 3.8) is 0 Å². The van der Waals surface area contributed by atoms with Crippen LogP contribution >= 0.6 is 0 Å². The number of aryl methyl sites for hydroxylation is 1. The summed E-state index contributed by atoms with van der Waals surface area (Å²) in [7, 11) is 1.59. The van der Waals surface area contributed by atoms with Gasteiger partial charge in [-0.2, -0.15) is 0 Å². The fraction of sp³-hybridized carbons (Fsp3) is 0.488. The molecule has 0 bridgehead atoms. The molecule has 11 nitrogen and oxygen atoms in total. The summed E-state index contributed by atoms with van der Waals surface area (Å²) in [6.07, 6.45) is 1.46. The molecule has 4 rings (SSSR count). The van der Waals surface area contributed by atoms with E-state index in [9.17, 15) is 19.2 Å². The van der Waals surface area contributed by atoms with E-state index >= 15 is 0 Å². The summed E-state index contributed by atoms with van der Waals surface area (Å²) < 4.78 is 27.9. The fourth-order valence-electron chi connectivity index (χ4n) is 5.91. The Morgan fingerprint density at radius 3 is 2.11 bits per heavy atom. The minimum absolute atomic E-state index is 0.0460. The molecular weight excluding hydrogens is 688 g/mol. The van der Waals surface area contributed by atoms with Crippen molar-refractivity contribution in [1.29, 1.82) is 0 Å². The van der Waals surface area contributed by atoms with Gasteiger partial charge in [0.25, 0.3) is 0 Å². The van der Waals surface area contributed by atoms with E-state index in [4.69, 9.17) is 23.7 Å². The van der Waals surface area contributed by atoms with Gasteiger partial charge in [0.15, 0.2) is 6.10 Å². The number of anilines is 1. The molecule has 1 aliphatic rings. The maximum Gasteiger partial charge on any atom is 0.326 e. The predicted molar refractivity (Wildman–Crippen MR) is 208 cm³/mol. The lowest BCUT2D eigenvalue weighted by Gasteiger charge is -2.28. The summed E-state index contributed by atoms with van der Waals surface area (Å²) >= 11 is 0. The van der Waals surface area contributed by atoms with Crippen LogP contribution in [0.1, 0.15) is 102 Å². The molecule has 2 unspecified atom stereocenters. The minimum Gasteiger partial charge on any atom is -0.497 e. The predicted octanol–water partition coefficient (Wildman–Crippen LogP) is 7.23. The SMILES string of the molecule is COc1ccc(C2CCc3cc(OC(=O)C(C)(C)C)ccc3C2)c(NCC(=O)OC(C)C(=O)c2ccc(OCC(C)(C)NCC(=O)OC(C)(C)C)cc2)c1. The normalized spacial score (nSPS) is 15.0. The van der Waals surface area contributed by atoms with Gasteiger partial charge in [-0.15, -0.1) is 0 Å². The molecule has 3 aromatic carbocycles. The highest BCUT2D eigenvalue weighted by molar-refractivity contribution is 6.00. The van der Waals surface area contributed by atoms with Crippen LogP contribution in [-0.4, -0.2) is 67.7 Å². The minimum atomic E-state index is -1.01. The van der Waals surface area contributed by atoms with E-state index in [2.05, 4.69) is 10.6 Å². The van der Waals surface area contributed by atoms with Crippen LogP contribution in [0.3, 0.4) is 0 Å². The van der Waals surface area contributed by atoms with Gasteiger partial charge < -0.3 is 29.0 Å². The number of hydrogen-bond donors (Lipinski definition) is 2. The second-order valence-corrected chi connectivity index (χ2v) is 16.4. The number of ketones is 1. The fourth-order valence-corrected chi connectivity index (χ4v) is 5.91. The maximum atomic E-state index is 13.2. The van der Waals surface area contributed by atoms with Gasteiger partial charge >= 0.3 is 17.9 Å². The molecule has 292 valence electrons. The van der Waals surface area contributed by atoms with Crippen molar-refractivity contribution in [2.75, 3.05) is 32.1 Å². The van der Waals surface area contributed by atoms with Gasteiger partial charge in [-0.3, -0.25) is 24.5 Å². The van der Waals surface area contributed by atoms with Crippen molar-refractivity contribution >= 4 is 29.4 Å². The first kappa shape index (κ1) is 41.9. The second-order valence-electron chi connectivity index (χ2n) is 16.4. The summed E-state index contributed by atoms with van der Waals surface area (Å²) in [6, 6.07) is 18.2. The van der Waals surface area contributed by atoms with Crippen LogP contribution in [0, 0.1) is 5.41 Å². The molecule has 3 aromatic rings. The van der Waals surface area contributed by atoms with Crippen LogP contribution in [0.5, 0.6) is 17.2 Å². The molecule has 54 heavy (non-hydrogen) atoms. The van der Waals surface area contributed by atoms with Crippen molar-refractivity contribution in [2.24, 2.45) is 5.41 Å². The Labute approximate surface area is 319 Å². The van der Waals surface area contributed by atoms with Crippen LogP contribution in [0.15, 0.2) is 60.7 Å². The van der Waals surface area contributed by atoms with Crippen LogP contribution in [0.2, 0.25) is 0 Å². The van der Waals surface area contributed by atoms with E-state index in [-0.39, 0.29) is 43.3 Å². The first-order chi connectivity index (χ1) is 25.2. The third-order valence-electron chi connectivity index (χ3n) is 8.90. The Hall–Kier alpha value is -4.90. The van der Waals surface area contributed by atoms with E-state index in [0.29, 0.717) is 22.8 Å². The number of nitrogens with one attached hydrogen (secondary N) is 2. The van der Waals surface area contributed by atoms with Gasteiger partial charge in [-0.1, -0.05) is 12.1 Å². The first-order valence-corrected chi connectivity index (χ1v) is 18.4. The third-order valence-corrected chi connectivity index (χ3v) is 8.90. The molecule has 0 radical (unpaired) electrons. The average Bonchev–Trinajstić information content (AvgIpc) is 3.10. The largest absolute Gasteiger partial charge is 0.497 e. The van der Waals surface area contributed by atoms with Crippen LogP contribution < -0.4 is 24.8 Å². The van der Waals surface area contributed by atoms with Gasteiger partial charge in [-0.05, 0) is 147 Å². The number of ether oxygens (including phenoxy) is 5. The summed E-state index contributed by atoms with van der Waals surface area (Å²) in [5.41, 5.74) is 2.86.